The number of morpholine rings is 1. The minimum Gasteiger partial charge on any atom is -0.394 e. The Kier molecular flexibility index (Phi) is 5.37. The number of aliphatic hydroxyl groups excluding tert-OH is 2. The summed E-state index contributed by atoms with van der Waals surface area (Å²) in [5.41, 5.74) is 0.985. The number of hydrogen-bond acceptors (Lipinski definition) is 5. The van der Waals surface area contributed by atoms with E-state index in [4.69, 9.17) is 9.84 Å². The smallest absolute Gasteiger partial charge is 0.104 e. The van der Waals surface area contributed by atoms with Crippen LogP contribution in [0.2, 0.25) is 0 Å². The zero-order valence-corrected chi connectivity index (χ0v) is 11.8. The van der Waals surface area contributed by atoms with Crippen molar-refractivity contribution in [3.63, 3.8) is 0 Å². The lowest BCUT2D eigenvalue weighted by molar-refractivity contribution is -0.0803. The van der Waals surface area contributed by atoms with E-state index in [1.807, 2.05) is 11.4 Å². The molecule has 1 aromatic heterocycles. The van der Waals surface area contributed by atoms with Gasteiger partial charge in [0.2, 0.25) is 0 Å². The summed E-state index contributed by atoms with van der Waals surface area (Å²) in [4.78, 5) is 3.51. The Bertz CT molecular complexity index is 463. The van der Waals surface area contributed by atoms with Crippen LogP contribution in [0.15, 0.2) is 11.4 Å². The number of thiophene rings is 1. The van der Waals surface area contributed by atoms with Crippen molar-refractivity contribution >= 4 is 11.3 Å². The minimum absolute atomic E-state index is 0.0604. The number of hydrogen-bond donors (Lipinski definition) is 2. The molecule has 2 N–H and O–H groups in total. The first kappa shape index (κ1) is 14.5. The molecule has 4 nitrogen and oxygen atoms in total. The number of rotatable bonds is 3. The van der Waals surface area contributed by atoms with Gasteiger partial charge in [-0.25, -0.2) is 0 Å². The zero-order valence-electron chi connectivity index (χ0n) is 11.0. The quantitative estimate of drug-likeness (QED) is 0.800. The predicted molar refractivity (Wildman–Crippen MR) is 75.0 cm³/mol. The summed E-state index contributed by atoms with van der Waals surface area (Å²) in [6.07, 6.45) is -0.0943. The third-order valence-corrected chi connectivity index (χ3v) is 4.14. The van der Waals surface area contributed by atoms with E-state index < -0.39 is 0 Å². The van der Waals surface area contributed by atoms with Gasteiger partial charge in [0, 0.05) is 29.6 Å². The molecule has 19 heavy (non-hydrogen) atoms. The average molecular weight is 281 g/mol. The molecule has 0 saturated carbocycles. The number of nitrogens with zero attached hydrogens (tertiary/aromatic N) is 1. The van der Waals surface area contributed by atoms with Gasteiger partial charge in [0.05, 0.1) is 19.3 Å². The van der Waals surface area contributed by atoms with Crippen LogP contribution in [0, 0.1) is 11.8 Å². The Morgan fingerprint density at radius 3 is 3.11 bits per heavy atom. The Labute approximate surface area is 117 Å². The highest BCUT2D eigenvalue weighted by Crippen LogP contribution is 2.21. The molecular formula is C14H19NO3S. The van der Waals surface area contributed by atoms with Gasteiger partial charge in [-0.15, -0.1) is 11.3 Å². The molecule has 2 atom stereocenters. The summed E-state index contributed by atoms with van der Waals surface area (Å²) in [6.45, 7) is 4.27. The lowest BCUT2D eigenvalue weighted by Crippen LogP contribution is -2.48. The van der Waals surface area contributed by atoms with Crippen molar-refractivity contribution in [1.29, 1.82) is 0 Å². The summed E-state index contributed by atoms with van der Waals surface area (Å²) >= 11 is 1.68. The first-order chi connectivity index (χ1) is 9.24. The van der Waals surface area contributed by atoms with Crippen molar-refractivity contribution in [1.82, 2.24) is 4.90 Å². The molecule has 1 aliphatic heterocycles. The van der Waals surface area contributed by atoms with Crippen LogP contribution >= 0.6 is 11.3 Å². The van der Waals surface area contributed by atoms with Crippen molar-refractivity contribution in [2.24, 2.45) is 0 Å². The summed E-state index contributed by atoms with van der Waals surface area (Å²) in [5.74, 6) is 5.66. The van der Waals surface area contributed by atoms with Crippen molar-refractivity contribution in [3.05, 3.63) is 21.9 Å². The molecule has 0 aliphatic carbocycles. The third kappa shape index (κ3) is 3.78. The van der Waals surface area contributed by atoms with Gasteiger partial charge in [0.1, 0.15) is 6.61 Å². The Balaban J connectivity index is 2.05. The third-order valence-electron chi connectivity index (χ3n) is 3.23. The zero-order chi connectivity index (χ0) is 13.7. The van der Waals surface area contributed by atoms with Gasteiger partial charge in [0.15, 0.2) is 0 Å². The van der Waals surface area contributed by atoms with Gasteiger partial charge in [0.25, 0.3) is 0 Å². The number of aliphatic hydroxyl groups is 2. The fraction of sp³-hybridized carbons (Fsp3) is 0.571. The molecule has 0 radical (unpaired) electrons. The molecule has 1 aliphatic rings. The maximum Gasteiger partial charge on any atom is 0.104 e. The van der Waals surface area contributed by atoms with E-state index in [1.165, 1.54) is 4.88 Å². The maximum atomic E-state index is 9.19. The largest absolute Gasteiger partial charge is 0.394 e. The van der Waals surface area contributed by atoms with Crippen LogP contribution in [0.25, 0.3) is 0 Å². The second kappa shape index (κ2) is 7.04. The highest BCUT2D eigenvalue weighted by atomic mass is 32.1. The van der Waals surface area contributed by atoms with Crippen LogP contribution in [0.5, 0.6) is 0 Å². The van der Waals surface area contributed by atoms with E-state index in [2.05, 4.69) is 23.7 Å². The van der Waals surface area contributed by atoms with Crippen molar-refractivity contribution in [2.75, 3.05) is 26.4 Å². The lowest BCUT2D eigenvalue weighted by Gasteiger charge is -2.37. The minimum atomic E-state index is -0.115. The van der Waals surface area contributed by atoms with Crippen molar-refractivity contribution < 1.29 is 14.9 Å². The topological polar surface area (TPSA) is 52.9 Å². The summed E-state index contributed by atoms with van der Waals surface area (Å²) < 4.78 is 5.53. The van der Waals surface area contributed by atoms with Crippen LogP contribution in [0.1, 0.15) is 17.4 Å². The molecule has 0 amide bonds. The van der Waals surface area contributed by atoms with Crippen molar-refractivity contribution in [3.8, 4) is 11.8 Å². The molecule has 1 saturated heterocycles. The number of ether oxygens (including phenoxy) is 1. The Morgan fingerprint density at radius 2 is 2.37 bits per heavy atom. The summed E-state index contributed by atoms with van der Waals surface area (Å²) in [6, 6.07) is 2.32. The first-order valence-corrected chi connectivity index (χ1v) is 7.25. The van der Waals surface area contributed by atoms with Crippen LogP contribution in [-0.2, 0) is 11.3 Å². The van der Waals surface area contributed by atoms with Gasteiger partial charge in [-0.05, 0) is 18.4 Å². The van der Waals surface area contributed by atoms with Crippen LogP contribution < -0.4 is 0 Å². The van der Waals surface area contributed by atoms with E-state index >= 15 is 0 Å². The van der Waals surface area contributed by atoms with Gasteiger partial charge in [-0.3, -0.25) is 4.90 Å². The molecule has 1 fully saturated rings. The second-order valence-corrected chi connectivity index (χ2v) is 5.63. The predicted octanol–water partition coefficient (Wildman–Crippen LogP) is 0.673. The van der Waals surface area contributed by atoms with Crippen LogP contribution in [-0.4, -0.2) is 53.6 Å². The fourth-order valence-electron chi connectivity index (χ4n) is 2.10. The van der Waals surface area contributed by atoms with Gasteiger partial charge >= 0.3 is 0 Å². The van der Waals surface area contributed by atoms with Gasteiger partial charge < -0.3 is 14.9 Å². The fourth-order valence-corrected chi connectivity index (χ4v) is 2.95. The Hall–Kier alpha value is -0.900. The van der Waals surface area contributed by atoms with Crippen LogP contribution in [0.4, 0.5) is 0 Å². The molecule has 0 bridgehead atoms. The standard InChI is InChI=1S/C14H19NO3S/c1-11-10-18-13(9-17)7-15(11)8-14-12(3-2-5-16)4-6-19-14/h4,6,11,13,16-17H,5,7-10H2,1H3. The monoisotopic (exact) mass is 281 g/mol. The second-order valence-electron chi connectivity index (χ2n) is 4.63. The molecular weight excluding hydrogens is 262 g/mol. The summed E-state index contributed by atoms with van der Waals surface area (Å²) in [5, 5.41) is 20.0. The van der Waals surface area contributed by atoms with Crippen LogP contribution in [0.3, 0.4) is 0 Å². The average Bonchev–Trinajstić information content (AvgIpc) is 2.86. The molecule has 2 rings (SSSR count). The molecule has 1 aromatic rings. The first-order valence-electron chi connectivity index (χ1n) is 6.37. The molecule has 5 heteroatoms. The van der Waals surface area contributed by atoms with Gasteiger partial charge in [-0.1, -0.05) is 11.8 Å². The highest BCUT2D eigenvalue weighted by Gasteiger charge is 2.26. The molecule has 104 valence electrons. The molecule has 0 aromatic carbocycles. The Morgan fingerprint density at radius 1 is 1.53 bits per heavy atom. The molecule has 2 unspecified atom stereocenters. The van der Waals surface area contributed by atoms with E-state index in [0.717, 1.165) is 18.7 Å². The highest BCUT2D eigenvalue weighted by molar-refractivity contribution is 7.10. The van der Waals surface area contributed by atoms with Crippen molar-refractivity contribution in [2.45, 2.75) is 25.6 Å². The maximum absolute atomic E-state index is 9.19. The normalized spacial score (nSPS) is 23.9. The SMILES string of the molecule is CC1COC(CO)CN1Cc1sccc1C#CCO. The van der Waals surface area contributed by atoms with Gasteiger partial charge in [-0.2, -0.15) is 0 Å². The lowest BCUT2D eigenvalue weighted by atomic mass is 10.1. The molecule has 0 spiro atoms. The van der Waals surface area contributed by atoms with E-state index in [1.54, 1.807) is 11.3 Å². The van der Waals surface area contributed by atoms with E-state index in [9.17, 15) is 5.11 Å². The molecule has 2 heterocycles. The summed E-state index contributed by atoms with van der Waals surface area (Å²) in [7, 11) is 0. The van der Waals surface area contributed by atoms with E-state index in [-0.39, 0.29) is 19.3 Å². The van der Waals surface area contributed by atoms with E-state index in [0.29, 0.717) is 12.6 Å².